The summed E-state index contributed by atoms with van der Waals surface area (Å²) in [7, 11) is 0. The van der Waals surface area contributed by atoms with Crippen molar-refractivity contribution < 1.29 is 14.5 Å². The van der Waals surface area contributed by atoms with Gasteiger partial charge in [-0.15, -0.1) is 4.57 Å². The maximum Gasteiger partial charge on any atom is 0.509 e. The Morgan fingerprint density at radius 2 is 2.42 bits per heavy atom. The smallest absolute Gasteiger partial charge is 0.446 e. The van der Waals surface area contributed by atoms with Crippen molar-refractivity contribution in [1.82, 2.24) is 4.57 Å². The number of hydrogen-bond donors (Lipinski definition) is 1. The highest BCUT2D eigenvalue weighted by Crippen LogP contribution is 1.88. The Morgan fingerprint density at radius 3 is 2.92 bits per heavy atom. The molecule has 1 rings (SSSR count). The van der Waals surface area contributed by atoms with Crippen LogP contribution in [0.5, 0.6) is 0 Å². The van der Waals surface area contributed by atoms with E-state index in [2.05, 4.69) is 6.92 Å². The molecule has 0 aliphatic rings. The number of nitrogens with zero attached hydrogens (tertiary/aromatic N) is 2. The van der Waals surface area contributed by atoms with Crippen molar-refractivity contribution in [3.8, 4) is 0 Å². The molecule has 1 N–H and O–H groups in total. The highest BCUT2D eigenvalue weighted by molar-refractivity contribution is 5.67. The second-order valence-electron chi connectivity index (χ2n) is 2.69. The molecule has 0 fully saturated rings. The zero-order chi connectivity index (χ0) is 8.97. The first-order valence-electron chi connectivity index (χ1n) is 4.04. The first kappa shape index (κ1) is 8.77. The number of imidazole rings is 1. The van der Waals surface area contributed by atoms with Gasteiger partial charge in [0, 0.05) is 0 Å². The van der Waals surface area contributed by atoms with E-state index in [4.69, 9.17) is 5.11 Å². The van der Waals surface area contributed by atoms with E-state index in [0.29, 0.717) is 0 Å². The molecule has 4 nitrogen and oxygen atoms in total. The van der Waals surface area contributed by atoms with Crippen LogP contribution in [0.4, 0.5) is 4.79 Å². The fourth-order valence-corrected chi connectivity index (χ4v) is 0.980. The van der Waals surface area contributed by atoms with Gasteiger partial charge in [-0.25, -0.2) is 4.57 Å². The van der Waals surface area contributed by atoms with E-state index in [1.165, 1.54) is 6.20 Å². The van der Waals surface area contributed by atoms with Crippen LogP contribution in [-0.4, -0.2) is 15.8 Å². The van der Waals surface area contributed by atoms with E-state index in [1.807, 2.05) is 4.57 Å². The molecular weight excluding hydrogens is 156 g/mol. The molecule has 1 aromatic rings. The molecule has 0 amide bonds. The Balaban J connectivity index is 2.58. The van der Waals surface area contributed by atoms with E-state index < -0.39 is 6.09 Å². The summed E-state index contributed by atoms with van der Waals surface area (Å²) in [5, 5.41) is 8.57. The highest BCUT2D eigenvalue weighted by atomic mass is 16.4. The lowest BCUT2D eigenvalue weighted by Crippen LogP contribution is -2.31. The van der Waals surface area contributed by atoms with Gasteiger partial charge in [0.2, 0.25) is 0 Å². The second kappa shape index (κ2) is 3.90. The van der Waals surface area contributed by atoms with E-state index >= 15 is 0 Å². The van der Waals surface area contributed by atoms with Crippen LogP contribution in [0.2, 0.25) is 0 Å². The Bertz CT molecular complexity index is 268. The van der Waals surface area contributed by atoms with Gasteiger partial charge >= 0.3 is 6.09 Å². The standard InChI is InChI=1S/C8H12N2O2/c1-2-3-4-9-5-6-10(7-9)8(11)12/h5-7H,2-4H2,1H3/p+1. The van der Waals surface area contributed by atoms with Crippen LogP contribution in [0, 0.1) is 0 Å². The fourth-order valence-electron chi connectivity index (χ4n) is 0.980. The van der Waals surface area contributed by atoms with E-state index in [1.54, 1.807) is 12.5 Å². The minimum atomic E-state index is -0.940. The Morgan fingerprint density at radius 1 is 1.67 bits per heavy atom. The van der Waals surface area contributed by atoms with Crippen LogP contribution in [0.25, 0.3) is 0 Å². The molecule has 4 heteroatoms. The first-order valence-corrected chi connectivity index (χ1v) is 4.04. The third kappa shape index (κ3) is 2.08. The molecule has 0 saturated heterocycles. The number of unbranched alkanes of at least 4 members (excludes halogenated alkanes) is 1. The quantitative estimate of drug-likeness (QED) is 0.689. The second-order valence-corrected chi connectivity index (χ2v) is 2.69. The van der Waals surface area contributed by atoms with Gasteiger partial charge in [-0.2, -0.15) is 4.79 Å². The fraction of sp³-hybridized carbons (Fsp3) is 0.500. The van der Waals surface area contributed by atoms with Gasteiger partial charge in [-0.05, 0) is 6.42 Å². The molecule has 0 atom stereocenters. The Kier molecular flexibility index (Phi) is 2.85. The molecule has 0 aliphatic heterocycles. The predicted molar refractivity (Wildman–Crippen MR) is 43.0 cm³/mol. The maximum absolute atomic E-state index is 10.4. The Labute approximate surface area is 71.1 Å². The number of aryl methyl sites for hydroxylation is 1. The molecule has 12 heavy (non-hydrogen) atoms. The molecule has 0 unspecified atom stereocenters. The summed E-state index contributed by atoms with van der Waals surface area (Å²) >= 11 is 0. The lowest BCUT2D eigenvalue weighted by molar-refractivity contribution is -0.696. The molecule has 0 bridgehead atoms. The Hall–Kier alpha value is -1.32. The third-order valence-corrected chi connectivity index (χ3v) is 1.68. The van der Waals surface area contributed by atoms with Gasteiger partial charge in [-0.1, -0.05) is 13.3 Å². The molecular formula is C8H13N2O2+. The van der Waals surface area contributed by atoms with Crippen LogP contribution < -0.4 is 4.57 Å². The minimum absolute atomic E-state index is 0.886. The largest absolute Gasteiger partial charge is 0.509 e. The van der Waals surface area contributed by atoms with E-state index in [0.717, 1.165) is 24.0 Å². The summed E-state index contributed by atoms with van der Waals surface area (Å²) in [5.41, 5.74) is 0. The van der Waals surface area contributed by atoms with Crippen molar-refractivity contribution in [2.24, 2.45) is 0 Å². The van der Waals surface area contributed by atoms with Crippen molar-refractivity contribution in [2.45, 2.75) is 26.3 Å². The topological polar surface area (TPSA) is 46.1 Å². The first-order chi connectivity index (χ1) is 5.74. The number of carboxylic acid groups (broad SMARTS) is 1. The molecule has 1 aromatic heterocycles. The summed E-state index contributed by atoms with van der Waals surface area (Å²) in [6.07, 6.45) is 6.14. The van der Waals surface area contributed by atoms with Gasteiger partial charge in [0.25, 0.3) is 6.33 Å². The number of rotatable bonds is 3. The van der Waals surface area contributed by atoms with Gasteiger partial charge in [-0.3, -0.25) is 0 Å². The average Bonchev–Trinajstić information content (AvgIpc) is 2.48. The monoisotopic (exact) mass is 169 g/mol. The van der Waals surface area contributed by atoms with Crippen LogP contribution >= 0.6 is 0 Å². The van der Waals surface area contributed by atoms with E-state index in [9.17, 15) is 4.79 Å². The van der Waals surface area contributed by atoms with Crippen molar-refractivity contribution in [1.29, 1.82) is 0 Å². The number of carbonyl (C=O) groups is 1. The zero-order valence-corrected chi connectivity index (χ0v) is 7.10. The highest BCUT2D eigenvalue weighted by Gasteiger charge is 2.08. The molecule has 66 valence electrons. The summed E-state index contributed by atoms with van der Waals surface area (Å²) < 4.78 is 3.02. The van der Waals surface area contributed by atoms with E-state index in [-0.39, 0.29) is 0 Å². The zero-order valence-electron chi connectivity index (χ0n) is 7.10. The summed E-state index contributed by atoms with van der Waals surface area (Å²) in [6.45, 7) is 2.99. The number of aromatic nitrogens is 2. The normalized spacial score (nSPS) is 10.1. The number of hydrogen-bond acceptors (Lipinski definition) is 1. The molecule has 1 heterocycles. The van der Waals surface area contributed by atoms with Gasteiger partial charge in [0.15, 0.2) is 0 Å². The van der Waals surface area contributed by atoms with Gasteiger partial charge in [0.1, 0.15) is 12.4 Å². The van der Waals surface area contributed by atoms with Gasteiger partial charge in [0.05, 0.1) is 6.54 Å². The molecule has 0 saturated carbocycles. The summed E-state index contributed by atoms with van der Waals surface area (Å²) in [6, 6.07) is 0. The lowest BCUT2D eigenvalue weighted by atomic mass is 10.3. The summed E-state index contributed by atoms with van der Waals surface area (Å²) in [5.74, 6) is 0. The van der Waals surface area contributed by atoms with Crippen molar-refractivity contribution in [3.05, 3.63) is 18.7 Å². The molecule has 0 aromatic carbocycles. The predicted octanol–water partition coefficient (Wildman–Crippen LogP) is 1.10. The molecule has 0 spiro atoms. The minimum Gasteiger partial charge on any atom is -0.446 e. The van der Waals surface area contributed by atoms with Crippen molar-refractivity contribution >= 4 is 6.09 Å². The van der Waals surface area contributed by atoms with Crippen molar-refractivity contribution in [3.63, 3.8) is 0 Å². The van der Waals surface area contributed by atoms with Crippen LogP contribution in [0.15, 0.2) is 18.7 Å². The average molecular weight is 169 g/mol. The molecule has 0 radical (unpaired) electrons. The SMILES string of the molecule is CCCC[n+]1ccn(C(=O)O)c1. The van der Waals surface area contributed by atoms with Crippen LogP contribution in [-0.2, 0) is 6.54 Å². The molecule has 0 aliphatic carbocycles. The maximum atomic E-state index is 10.4. The van der Waals surface area contributed by atoms with Gasteiger partial charge < -0.3 is 5.11 Å². The van der Waals surface area contributed by atoms with Crippen LogP contribution in [0.1, 0.15) is 19.8 Å². The summed E-state index contributed by atoms with van der Waals surface area (Å²) in [4.78, 5) is 10.4. The van der Waals surface area contributed by atoms with Crippen molar-refractivity contribution in [2.75, 3.05) is 0 Å². The lowest BCUT2D eigenvalue weighted by Gasteiger charge is -1.90. The van der Waals surface area contributed by atoms with Crippen LogP contribution in [0.3, 0.4) is 0 Å². The third-order valence-electron chi connectivity index (χ3n) is 1.68.